The number of benzene rings is 4. The number of aromatic nitrogens is 2. The van der Waals surface area contributed by atoms with Gasteiger partial charge in [0.1, 0.15) is 18.5 Å². The standard InChI is InChI=1S/C33H23N3O5/c1-34-19-29(30(37)25-13-3-4-14-26(25)31(34)38)21-9-7-11-23(17-21)41-24-12-8-10-22(18-24)36-20-35(2)32(39)27-15-5-6-16-28(27)33(36)40/h3-18,29H,1-2H3. The Kier molecular flexibility index (Phi) is 6.43. The summed E-state index contributed by atoms with van der Waals surface area (Å²) in [6, 6.07) is 27.3. The Bertz CT molecular complexity index is 2040. The van der Waals surface area contributed by atoms with Crippen LogP contribution in [0.3, 0.4) is 0 Å². The highest BCUT2D eigenvalue weighted by molar-refractivity contribution is 6.16. The summed E-state index contributed by atoms with van der Waals surface area (Å²) in [5.41, 5.74) is 1.02. The van der Waals surface area contributed by atoms with Crippen molar-refractivity contribution in [1.82, 2.24) is 4.57 Å². The molecule has 1 unspecified atom stereocenters. The summed E-state index contributed by atoms with van der Waals surface area (Å²) in [6.45, 7) is 0. The minimum atomic E-state index is -0.811. The van der Waals surface area contributed by atoms with Crippen molar-refractivity contribution >= 4 is 28.7 Å². The van der Waals surface area contributed by atoms with Gasteiger partial charge in [0.15, 0.2) is 5.78 Å². The number of rotatable bonds is 4. The second-order valence-corrected chi connectivity index (χ2v) is 9.66. The molecule has 0 radical (unpaired) electrons. The first-order valence-electron chi connectivity index (χ1n) is 12.8. The highest BCUT2D eigenvalue weighted by Crippen LogP contribution is 2.29. The normalized spacial score (nSPS) is 14.8. The van der Waals surface area contributed by atoms with Gasteiger partial charge in [0, 0.05) is 28.1 Å². The van der Waals surface area contributed by atoms with Crippen LogP contribution in [-0.2, 0) is 7.05 Å². The fourth-order valence-corrected chi connectivity index (χ4v) is 4.91. The Labute approximate surface area is 234 Å². The molecule has 6 rings (SSSR count). The number of ether oxygens (including phenoxy) is 1. The third kappa shape index (κ3) is 4.65. The maximum absolute atomic E-state index is 13.5. The molecule has 1 aliphatic rings. The lowest BCUT2D eigenvalue weighted by atomic mass is 9.90. The molecule has 0 saturated heterocycles. The van der Waals surface area contributed by atoms with Crippen molar-refractivity contribution in [3.05, 3.63) is 141 Å². The number of aryl methyl sites for hydroxylation is 1. The second kappa shape index (κ2) is 10.2. The van der Waals surface area contributed by atoms with Crippen molar-refractivity contribution in [2.24, 2.45) is 7.05 Å². The van der Waals surface area contributed by atoms with Gasteiger partial charge in [0.2, 0.25) is 6.33 Å². The molecule has 2 heterocycles. The summed E-state index contributed by atoms with van der Waals surface area (Å²) in [6.07, 6.45) is 5.85. The summed E-state index contributed by atoms with van der Waals surface area (Å²) >= 11 is 0. The fourth-order valence-electron chi connectivity index (χ4n) is 4.91. The lowest BCUT2D eigenvalue weighted by molar-refractivity contribution is -0.691. The zero-order valence-electron chi connectivity index (χ0n) is 22.2. The molecule has 1 atom stereocenters. The molecule has 8 heteroatoms. The van der Waals surface area contributed by atoms with Crippen molar-refractivity contribution in [3.63, 3.8) is 0 Å². The Morgan fingerprint density at radius 1 is 0.732 bits per heavy atom. The maximum Gasteiger partial charge on any atom is 0.266 e. The van der Waals surface area contributed by atoms with Crippen LogP contribution in [0.4, 0.5) is 0 Å². The van der Waals surface area contributed by atoms with Crippen LogP contribution in [0.1, 0.15) is 32.2 Å². The number of fused-ring (bicyclic) bond motifs is 2. The summed E-state index contributed by atoms with van der Waals surface area (Å²) in [5, 5.41) is 0.579. The number of amides is 1. The molecule has 200 valence electrons. The first-order valence-corrected chi connectivity index (χ1v) is 12.8. The number of hydrogen-bond donors (Lipinski definition) is 0. The minimum Gasteiger partial charge on any atom is -0.458 e. The number of carbonyl (C=O) groups excluding carboxylic acids is 2. The minimum absolute atomic E-state index is 0.234. The van der Waals surface area contributed by atoms with Gasteiger partial charge in [-0.25, -0.2) is 0 Å². The van der Waals surface area contributed by atoms with E-state index in [2.05, 4.69) is 12.5 Å². The van der Waals surface area contributed by atoms with E-state index in [1.165, 1.54) is 13.7 Å². The van der Waals surface area contributed by atoms with Gasteiger partial charge in [-0.3, -0.25) is 23.5 Å². The van der Waals surface area contributed by atoms with Crippen LogP contribution in [0, 0.1) is 6.33 Å². The van der Waals surface area contributed by atoms with Gasteiger partial charge in [-0.05, 0) is 29.8 Å². The van der Waals surface area contributed by atoms with Gasteiger partial charge in [0.25, 0.3) is 17.0 Å². The molecular weight excluding hydrogens is 518 g/mol. The fraction of sp³-hybridized carbons (Fsp3) is 0.0909. The molecular formula is C33H23N3O5. The molecule has 5 aromatic rings. The molecule has 0 aliphatic carbocycles. The quantitative estimate of drug-likeness (QED) is 0.257. The van der Waals surface area contributed by atoms with Crippen molar-refractivity contribution in [1.29, 1.82) is 0 Å². The maximum atomic E-state index is 13.5. The molecule has 8 nitrogen and oxygen atoms in total. The largest absolute Gasteiger partial charge is 0.458 e. The van der Waals surface area contributed by atoms with E-state index in [1.807, 2.05) is 0 Å². The number of ketones is 1. The average Bonchev–Trinajstić information content (AvgIpc) is 3.16. The van der Waals surface area contributed by atoms with Gasteiger partial charge in [-0.15, -0.1) is 0 Å². The van der Waals surface area contributed by atoms with Crippen molar-refractivity contribution < 1.29 is 23.5 Å². The summed E-state index contributed by atoms with van der Waals surface area (Å²) in [4.78, 5) is 52.5. The van der Waals surface area contributed by atoms with Crippen molar-refractivity contribution in [3.8, 4) is 17.2 Å². The summed E-state index contributed by atoms with van der Waals surface area (Å²) in [7, 11) is 3.13. The number of nitrogens with zero attached hydrogens (tertiary/aromatic N) is 3. The lowest BCUT2D eigenvalue weighted by Crippen LogP contribution is -2.46. The van der Waals surface area contributed by atoms with Crippen LogP contribution in [0.25, 0.3) is 16.5 Å². The SMILES string of the molecule is C[N+]1=[C-]C(c2cccc(Oc3cccc(-n4[c-][n+](C)c(=O)c5ccccc5c4=O)c3)c2)C(=O)c2ccccc2C1=O. The first-order chi connectivity index (χ1) is 19.8. The van der Waals surface area contributed by atoms with Crippen LogP contribution < -0.4 is 20.4 Å². The van der Waals surface area contributed by atoms with E-state index in [-0.39, 0.29) is 22.6 Å². The molecule has 1 amide bonds. The zero-order chi connectivity index (χ0) is 28.7. The van der Waals surface area contributed by atoms with Crippen LogP contribution in [0.15, 0.2) is 107 Å². The van der Waals surface area contributed by atoms with Crippen molar-refractivity contribution in [2.45, 2.75) is 5.92 Å². The number of hydrogen-bond acceptors (Lipinski definition) is 5. The second-order valence-electron chi connectivity index (χ2n) is 9.66. The first kappa shape index (κ1) is 25.8. The van der Waals surface area contributed by atoms with E-state index in [1.54, 1.807) is 111 Å². The van der Waals surface area contributed by atoms with Crippen LogP contribution in [0.2, 0.25) is 0 Å². The Hall–Kier alpha value is -5.50. The van der Waals surface area contributed by atoms with E-state index in [0.29, 0.717) is 39.3 Å². The molecule has 41 heavy (non-hydrogen) atoms. The van der Waals surface area contributed by atoms with Gasteiger partial charge < -0.3 is 14.1 Å². The van der Waals surface area contributed by atoms with E-state index in [0.717, 1.165) is 0 Å². The lowest BCUT2D eigenvalue weighted by Gasteiger charge is -2.15. The zero-order valence-corrected chi connectivity index (χ0v) is 22.2. The van der Waals surface area contributed by atoms with E-state index >= 15 is 0 Å². The summed E-state index contributed by atoms with van der Waals surface area (Å²) < 4.78 is 9.99. The van der Waals surface area contributed by atoms with Gasteiger partial charge in [0.05, 0.1) is 18.7 Å². The number of carbonyl (C=O) groups is 2. The summed E-state index contributed by atoms with van der Waals surface area (Å²) in [5.74, 6) is -0.462. The van der Waals surface area contributed by atoms with Crippen molar-refractivity contribution in [2.75, 3.05) is 7.05 Å². The predicted molar refractivity (Wildman–Crippen MR) is 151 cm³/mol. The third-order valence-corrected chi connectivity index (χ3v) is 6.96. The topological polar surface area (TPSA) is 89.3 Å². The highest BCUT2D eigenvalue weighted by Gasteiger charge is 2.28. The molecule has 1 aromatic heterocycles. The smallest absolute Gasteiger partial charge is 0.266 e. The average molecular weight is 542 g/mol. The Morgan fingerprint density at radius 3 is 2.17 bits per heavy atom. The predicted octanol–water partition coefficient (Wildman–Crippen LogP) is 3.48. The molecule has 1 aliphatic heterocycles. The van der Waals surface area contributed by atoms with Crippen LogP contribution in [0.5, 0.6) is 11.5 Å². The molecule has 4 aromatic carbocycles. The third-order valence-electron chi connectivity index (χ3n) is 6.96. The molecule has 0 bridgehead atoms. The highest BCUT2D eigenvalue weighted by atomic mass is 16.5. The molecule has 0 spiro atoms. The Morgan fingerprint density at radius 2 is 1.39 bits per heavy atom. The molecule has 0 fully saturated rings. The van der Waals surface area contributed by atoms with Gasteiger partial charge in [-0.1, -0.05) is 72.8 Å². The monoisotopic (exact) mass is 541 g/mol. The van der Waals surface area contributed by atoms with Crippen LogP contribution in [-0.4, -0.2) is 34.1 Å². The van der Waals surface area contributed by atoms with Gasteiger partial charge in [-0.2, -0.15) is 0 Å². The Balaban J connectivity index is 1.37. The molecule has 0 saturated carbocycles. The number of Topliss-reactive ketones (excluding diaryl/α,β-unsaturated/α-hetero) is 1. The van der Waals surface area contributed by atoms with Gasteiger partial charge >= 0.3 is 0 Å². The molecule has 0 N–H and O–H groups in total. The van der Waals surface area contributed by atoms with E-state index in [4.69, 9.17) is 4.74 Å². The van der Waals surface area contributed by atoms with E-state index < -0.39 is 11.5 Å². The van der Waals surface area contributed by atoms with Crippen LogP contribution >= 0.6 is 0 Å². The van der Waals surface area contributed by atoms with E-state index in [9.17, 15) is 19.2 Å².